The van der Waals surface area contributed by atoms with Crippen LogP contribution in [0.1, 0.15) is 40.5 Å². The van der Waals surface area contributed by atoms with Crippen molar-refractivity contribution in [3.05, 3.63) is 0 Å². The number of halogens is 3. The molecule has 2 nitrogen and oxygen atoms in total. The average molecular weight is 270 g/mol. The summed E-state index contributed by atoms with van der Waals surface area (Å²) in [6, 6.07) is 0. The zero-order chi connectivity index (χ0) is 14.6. The molecule has 1 aliphatic rings. The number of hydrogen-bond acceptors (Lipinski definition) is 2. The van der Waals surface area contributed by atoms with Gasteiger partial charge in [-0.1, -0.05) is 27.7 Å². The normalized spacial score (nSPS) is 17.3. The molecule has 0 aliphatic carbocycles. The van der Waals surface area contributed by atoms with Crippen molar-refractivity contribution in [3.63, 3.8) is 0 Å². The van der Waals surface area contributed by atoms with Gasteiger partial charge in [-0.25, -0.2) is 0 Å². The number of likely N-dealkylation sites (tertiary alicyclic amines) is 1. The van der Waals surface area contributed by atoms with Crippen molar-refractivity contribution in [2.24, 2.45) is 5.92 Å². The van der Waals surface area contributed by atoms with Crippen LogP contribution < -0.4 is 5.32 Å². The highest BCUT2D eigenvalue weighted by atomic mass is 19.4. The Kier molecular flexibility index (Phi) is 13.1. The van der Waals surface area contributed by atoms with Gasteiger partial charge in [0.15, 0.2) is 0 Å². The van der Waals surface area contributed by atoms with Gasteiger partial charge in [-0.2, -0.15) is 13.2 Å². The summed E-state index contributed by atoms with van der Waals surface area (Å²) in [6.45, 7) is 9.63. The summed E-state index contributed by atoms with van der Waals surface area (Å²) in [5.41, 5.74) is 0. The average Bonchev–Trinajstić information content (AvgIpc) is 2.35. The molecule has 0 aromatic rings. The van der Waals surface area contributed by atoms with E-state index < -0.39 is 12.7 Å². The van der Waals surface area contributed by atoms with Crippen molar-refractivity contribution >= 4 is 0 Å². The molecule has 1 aliphatic heterocycles. The summed E-state index contributed by atoms with van der Waals surface area (Å²) in [4.78, 5) is 2.21. The first kappa shape index (κ1) is 20.0. The van der Waals surface area contributed by atoms with Gasteiger partial charge >= 0.3 is 6.18 Å². The van der Waals surface area contributed by atoms with E-state index >= 15 is 0 Å². The molecule has 1 rings (SSSR count). The predicted octanol–water partition coefficient (Wildman–Crippen LogP) is 3.53. The third kappa shape index (κ3) is 12.2. The van der Waals surface area contributed by atoms with Crippen LogP contribution in [0.5, 0.6) is 0 Å². The van der Waals surface area contributed by atoms with Crippen LogP contribution in [-0.4, -0.2) is 44.3 Å². The number of rotatable bonds is 3. The van der Waals surface area contributed by atoms with Crippen LogP contribution in [0.4, 0.5) is 13.2 Å². The Hall–Kier alpha value is -0.290. The summed E-state index contributed by atoms with van der Waals surface area (Å²) in [7, 11) is 2.04. The Morgan fingerprint density at radius 3 is 1.89 bits per heavy atom. The van der Waals surface area contributed by atoms with Crippen molar-refractivity contribution in [2.75, 3.05) is 33.2 Å². The van der Waals surface area contributed by atoms with Gasteiger partial charge < -0.3 is 10.2 Å². The molecular weight excluding hydrogens is 241 g/mol. The van der Waals surface area contributed by atoms with Crippen LogP contribution in [0.25, 0.3) is 0 Å². The summed E-state index contributed by atoms with van der Waals surface area (Å²) in [5, 5.41) is 2.47. The molecule has 0 aromatic heterocycles. The second-order valence-corrected chi connectivity index (χ2v) is 3.99. The number of piperidine rings is 1. The van der Waals surface area contributed by atoms with E-state index in [4.69, 9.17) is 0 Å². The molecule has 0 aromatic carbocycles. The van der Waals surface area contributed by atoms with Crippen LogP contribution >= 0.6 is 0 Å². The molecule has 0 radical (unpaired) electrons. The monoisotopic (exact) mass is 270 g/mol. The smallest absolute Gasteiger partial charge is 0.308 e. The van der Waals surface area contributed by atoms with Gasteiger partial charge in [0.2, 0.25) is 0 Å². The van der Waals surface area contributed by atoms with E-state index in [1.165, 1.54) is 0 Å². The second kappa shape index (κ2) is 11.8. The van der Waals surface area contributed by atoms with Crippen LogP contribution in [-0.2, 0) is 0 Å². The fourth-order valence-corrected chi connectivity index (χ4v) is 1.68. The molecular formula is C13H29F3N2. The Bertz CT molecular complexity index is 164. The largest absolute Gasteiger partial charge is 0.401 e. The molecule has 18 heavy (non-hydrogen) atoms. The summed E-state index contributed by atoms with van der Waals surface area (Å²) in [6.07, 6.45) is -2.08. The van der Waals surface area contributed by atoms with Gasteiger partial charge in [0.05, 0.1) is 6.54 Å². The van der Waals surface area contributed by atoms with Gasteiger partial charge in [0.25, 0.3) is 0 Å². The molecule has 0 atom stereocenters. The van der Waals surface area contributed by atoms with Crippen LogP contribution in [0.2, 0.25) is 0 Å². The van der Waals surface area contributed by atoms with Crippen LogP contribution in [0.15, 0.2) is 0 Å². The zero-order valence-corrected chi connectivity index (χ0v) is 12.4. The van der Waals surface area contributed by atoms with Crippen molar-refractivity contribution in [2.45, 2.75) is 46.7 Å². The predicted molar refractivity (Wildman–Crippen MR) is 71.8 cm³/mol. The Labute approximate surface area is 110 Å². The summed E-state index contributed by atoms with van der Waals surface area (Å²) in [5.74, 6) is 0.411. The third-order valence-corrected chi connectivity index (χ3v) is 2.60. The maximum absolute atomic E-state index is 11.8. The van der Waals surface area contributed by atoms with E-state index in [1.54, 1.807) is 0 Å². The molecule has 112 valence electrons. The van der Waals surface area contributed by atoms with Crippen molar-refractivity contribution in [1.29, 1.82) is 0 Å². The number of hydrogen-bond donors (Lipinski definition) is 1. The first-order valence-corrected chi connectivity index (χ1v) is 6.93. The first-order chi connectivity index (χ1) is 8.47. The van der Waals surface area contributed by atoms with E-state index in [0.29, 0.717) is 12.5 Å². The maximum Gasteiger partial charge on any atom is 0.401 e. The van der Waals surface area contributed by atoms with Gasteiger partial charge in [-0.05, 0) is 45.4 Å². The van der Waals surface area contributed by atoms with E-state index in [9.17, 15) is 13.2 Å². The van der Waals surface area contributed by atoms with Gasteiger partial charge in [-0.3, -0.25) is 0 Å². The highest BCUT2D eigenvalue weighted by Gasteiger charge is 2.27. The first-order valence-electron chi connectivity index (χ1n) is 6.93. The minimum Gasteiger partial charge on any atom is -0.308 e. The van der Waals surface area contributed by atoms with Crippen molar-refractivity contribution in [1.82, 2.24) is 10.2 Å². The highest BCUT2D eigenvalue weighted by molar-refractivity contribution is 4.72. The van der Waals surface area contributed by atoms with Crippen molar-refractivity contribution < 1.29 is 13.2 Å². The molecule has 0 spiro atoms. The van der Waals surface area contributed by atoms with Crippen molar-refractivity contribution in [3.8, 4) is 0 Å². The molecule has 1 saturated heterocycles. The van der Waals surface area contributed by atoms with Gasteiger partial charge in [0, 0.05) is 0 Å². The molecule has 0 unspecified atom stereocenters. The Morgan fingerprint density at radius 2 is 1.50 bits per heavy atom. The standard InChI is InChI=1S/C9H17F3N2.2C2H6/c1-14-4-2-8(3-5-14)6-13-7-9(10,11)12;2*1-2/h8,13H,2-7H2,1H3;2*1-2H3. The van der Waals surface area contributed by atoms with E-state index in [-0.39, 0.29) is 0 Å². The quantitative estimate of drug-likeness (QED) is 0.844. The number of nitrogens with one attached hydrogen (secondary N) is 1. The lowest BCUT2D eigenvalue weighted by atomic mass is 9.97. The van der Waals surface area contributed by atoms with E-state index in [1.807, 2.05) is 34.7 Å². The molecule has 1 N–H and O–H groups in total. The molecule has 0 amide bonds. The fraction of sp³-hybridized carbons (Fsp3) is 1.00. The number of alkyl halides is 3. The molecule has 0 saturated carbocycles. The maximum atomic E-state index is 11.8. The SMILES string of the molecule is CC.CC.CN1CCC(CNCC(F)(F)F)CC1. The topological polar surface area (TPSA) is 15.3 Å². The lowest BCUT2D eigenvalue weighted by molar-refractivity contribution is -0.125. The summed E-state index contributed by atoms with van der Waals surface area (Å²) >= 11 is 0. The Morgan fingerprint density at radius 1 is 1.06 bits per heavy atom. The minimum atomic E-state index is -4.08. The van der Waals surface area contributed by atoms with Gasteiger partial charge in [-0.15, -0.1) is 0 Å². The molecule has 1 fully saturated rings. The van der Waals surface area contributed by atoms with E-state index in [2.05, 4.69) is 10.2 Å². The van der Waals surface area contributed by atoms with Gasteiger partial charge in [0.1, 0.15) is 0 Å². The zero-order valence-electron chi connectivity index (χ0n) is 12.4. The van der Waals surface area contributed by atoms with Crippen LogP contribution in [0.3, 0.4) is 0 Å². The molecule has 5 heteroatoms. The minimum absolute atomic E-state index is 0.411. The summed E-state index contributed by atoms with van der Waals surface area (Å²) < 4.78 is 35.4. The molecule has 0 bridgehead atoms. The van der Waals surface area contributed by atoms with E-state index in [0.717, 1.165) is 25.9 Å². The lowest BCUT2D eigenvalue weighted by Crippen LogP contribution is -2.37. The second-order valence-electron chi connectivity index (χ2n) is 3.99. The third-order valence-electron chi connectivity index (χ3n) is 2.60. The Balaban J connectivity index is 0. The fourth-order valence-electron chi connectivity index (χ4n) is 1.68. The lowest BCUT2D eigenvalue weighted by Gasteiger charge is -2.29. The highest BCUT2D eigenvalue weighted by Crippen LogP contribution is 2.16. The number of nitrogens with zero attached hydrogens (tertiary/aromatic N) is 1. The van der Waals surface area contributed by atoms with Crippen LogP contribution in [0, 0.1) is 5.92 Å². The molecule has 1 heterocycles.